The van der Waals surface area contributed by atoms with Gasteiger partial charge in [-0.15, -0.1) is 12.4 Å². The molecular weight excluding hydrogens is 332 g/mol. The largest absolute Gasteiger partial charge is 0.345 e. The van der Waals surface area contributed by atoms with Gasteiger partial charge in [0.15, 0.2) is 0 Å². The summed E-state index contributed by atoms with van der Waals surface area (Å²) in [5.41, 5.74) is 1.33. The highest BCUT2D eigenvalue weighted by molar-refractivity contribution is 5.86. The van der Waals surface area contributed by atoms with Crippen molar-refractivity contribution in [2.75, 3.05) is 26.7 Å². The summed E-state index contributed by atoms with van der Waals surface area (Å²) in [5, 5.41) is 5.96. The first-order valence-corrected chi connectivity index (χ1v) is 9.15. The predicted molar refractivity (Wildman–Crippen MR) is 107 cm³/mol. The van der Waals surface area contributed by atoms with E-state index in [4.69, 9.17) is 0 Å². The zero-order chi connectivity index (χ0) is 16.8. The number of rotatable bonds is 6. The number of hydrogen-bond donors (Lipinski definition) is 1. The fourth-order valence-corrected chi connectivity index (χ4v) is 3.61. The topological polar surface area (TPSA) is 32.3 Å². The number of amides is 1. The number of hydrogen-bond acceptors (Lipinski definition) is 2. The Kier molecular flexibility index (Phi) is 7.73. The highest BCUT2D eigenvalue weighted by atomic mass is 35.5. The number of carbonyl (C=O) groups is 1. The van der Waals surface area contributed by atoms with Gasteiger partial charge in [-0.3, -0.25) is 4.79 Å². The lowest BCUT2D eigenvalue weighted by atomic mass is 9.93. The van der Waals surface area contributed by atoms with E-state index in [0.717, 1.165) is 38.4 Å². The van der Waals surface area contributed by atoms with Crippen molar-refractivity contribution in [2.24, 2.45) is 5.92 Å². The van der Waals surface area contributed by atoms with Gasteiger partial charge < -0.3 is 10.2 Å². The quantitative estimate of drug-likeness (QED) is 0.843. The van der Waals surface area contributed by atoms with E-state index in [0.29, 0.717) is 6.42 Å². The third-order valence-electron chi connectivity index (χ3n) is 5.25. The minimum Gasteiger partial charge on any atom is -0.345 e. The number of halogens is 1. The van der Waals surface area contributed by atoms with Crippen LogP contribution >= 0.6 is 12.4 Å². The van der Waals surface area contributed by atoms with Crippen LogP contribution in [-0.4, -0.2) is 37.5 Å². The Bertz CT molecular complexity index is 677. The first kappa shape index (κ1) is 19.7. The van der Waals surface area contributed by atoms with Crippen LogP contribution in [0.4, 0.5) is 0 Å². The van der Waals surface area contributed by atoms with Crippen molar-refractivity contribution < 1.29 is 4.79 Å². The van der Waals surface area contributed by atoms with Crippen LogP contribution in [0.2, 0.25) is 0 Å². The third kappa shape index (κ3) is 5.45. The molecule has 1 saturated heterocycles. The van der Waals surface area contributed by atoms with E-state index in [9.17, 15) is 4.79 Å². The first-order valence-electron chi connectivity index (χ1n) is 9.15. The monoisotopic (exact) mass is 360 g/mol. The average molecular weight is 361 g/mol. The molecule has 4 heteroatoms. The van der Waals surface area contributed by atoms with Gasteiger partial charge in [0.25, 0.3) is 0 Å². The number of piperidine rings is 1. The molecule has 0 aliphatic carbocycles. The SMILES string of the molecule is CN(CCc1cccc2ccccc12)C(=O)CCC1CCNCC1.Cl. The van der Waals surface area contributed by atoms with Crippen LogP contribution in [0.25, 0.3) is 10.8 Å². The molecule has 3 rings (SSSR count). The van der Waals surface area contributed by atoms with Crippen LogP contribution in [0.1, 0.15) is 31.2 Å². The molecule has 2 aromatic carbocycles. The van der Waals surface area contributed by atoms with Gasteiger partial charge in [0, 0.05) is 20.0 Å². The Labute approximate surface area is 157 Å². The van der Waals surface area contributed by atoms with Crippen molar-refractivity contribution >= 4 is 29.1 Å². The predicted octanol–water partition coefficient (Wildman–Crippen LogP) is 4.04. The molecule has 1 N–H and O–H groups in total. The highest BCUT2D eigenvalue weighted by Gasteiger charge is 2.16. The van der Waals surface area contributed by atoms with Crippen LogP contribution in [0.3, 0.4) is 0 Å². The maximum absolute atomic E-state index is 12.4. The van der Waals surface area contributed by atoms with Gasteiger partial charge >= 0.3 is 0 Å². The zero-order valence-electron chi connectivity index (χ0n) is 15.0. The molecule has 0 spiro atoms. The van der Waals surface area contributed by atoms with E-state index in [1.807, 2.05) is 11.9 Å². The minimum atomic E-state index is 0. The lowest BCUT2D eigenvalue weighted by molar-refractivity contribution is -0.130. The van der Waals surface area contributed by atoms with Gasteiger partial charge in [-0.25, -0.2) is 0 Å². The Balaban J connectivity index is 0.00000225. The van der Waals surface area contributed by atoms with Crippen molar-refractivity contribution in [1.29, 1.82) is 0 Å². The van der Waals surface area contributed by atoms with Crippen LogP contribution in [0, 0.1) is 5.92 Å². The number of nitrogens with zero attached hydrogens (tertiary/aromatic N) is 1. The fraction of sp³-hybridized carbons (Fsp3) is 0.476. The maximum atomic E-state index is 12.4. The molecule has 0 radical (unpaired) electrons. The number of benzene rings is 2. The van der Waals surface area contributed by atoms with Gasteiger partial charge in [0.1, 0.15) is 0 Å². The summed E-state index contributed by atoms with van der Waals surface area (Å²) in [6.45, 7) is 3.00. The Hall–Kier alpha value is -1.58. The molecule has 1 fully saturated rings. The molecule has 2 aromatic rings. The van der Waals surface area contributed by atoms with Crippen molar-refractivity contribution in [3.8, 4) is 0 Å². The number of likely N-dealkylation sites (N-methyl/N-ethyl adjacent to an activating group) is 1. The van der Waals surface area contributed by atoms with Crippen LogP contribution in [0.15, 0.2) is 42.5 Å². The van der Waals surface area contributed by atoms with Gasteiger partial charge in [0.2, 0.25) is 5.91 Å². The molecule has 1 heterocycles. The van der Waals surface area contributed by atoms with Crippen LogP contribution in [-0.2, 0) is 11.2 Å². The van der Waals surface area contributed by atoms with E-state index in [-0.39, 0.29) is 18.3 Å². The fourth-order valence-electron chi connectivity index (χ4n) is 3.61. The standard InChI is InChI=1S/C21H28N2O.ClH/c1-23(21(24)10-9-17-11-14-22-15-12-17)16-13-19-7-4-6-18-5-2-3-8-20(18)19;/h2-8,17,22H,9-16H2,1H3;1H. The van der Waals surface area contributed by atoms with Crippen molar-refractivity contribution in [3.63, 3.8) is 0 Å². The Morgan fingerprint density at radius 1 is 1.12 bits per heavy atom. The molecule has 3 nitrogen and oxygen atoms in total. The average Bonchev–Trinajstić information content (AvgIpc) is 2.65. The molecule has 0 bridgehead atoms. The molecule has 136 valence electrons. The summed E-state index contributed by atoms with van der Waals surface area (Å²) in [5.74, 6) is 1.01. The molecule has 0 aromatic heterocycles. The zero-order valence-corrected chi connectivity index (χ0v) is 15.9. The van der Waals surface area contributed by atoms with Gasteiger partial charge in [0.05, 0.1) is 0 Å². The lowest BCUT2D eigenvalue weighted by Gasteiger charge is -2.23. The molecule has 0 unspecified atom stereocenters. The molecule has 1 aliphatic rings. The summed E-state index contributed by atoms with van der Waals surface area (Å²) in [6.07, 6.45) is 5.08. The molecule has 0 atom stereocenters. The number of fused-ring (bicyclic) bond motifs is 1. The van der Waals surface area contributed by atoms with Gasteiger partial charge in [-0.1, -0.05) is 42.5 Å². The molecule has 1 aliphatic heterocycles. The first-order chi connectivity index (χ1) is 11.7. The van der Waals surface area contributed by atoms with Gasteiger partial charge in [-0.2, -0.15) is 0 Å². The van der Waals surface area contributed by atoms with E-state index in [1.54, 1.807) is 0 Å². The summed E-state index contributed by atoms with van der Waals surface area (Å²) in [6, 6.07) is 14.9. The summed E-state index contributed by atoms with van der Waals surface area (Å²) < 4.78 is 0. The smallest absolute Gasteiger partial charge is 0.222 e. The van der Waals surface area contributed by atoms with Crippen molar-refractivity contribution in [3.05, 3.63) is 48.0 Å². The van der Waals surface area contributed by atoms with E-state index < -0.39 is 0 Å². The molecular formula is C21H29ClN2O. The Morgan fingerprint density at radius 3 is 2.64 bits per heavy atom. The lowest BCUT2D eigenvalue weighted by Crippen LogP contribution is -2.31. The second-order valence-corrected chi connectivity index (χ2v) is 6.94. The summed E-state index contributed by atoms with van der Waals surface area (Å²) >= 11 is 0. The highest BCUT2D eigenvalue weighted by Crippen LogP contribution is 2.20. The second-order valence-electron chi connectivity index (χ2n) is 6.94. The van der Waals surface area contributed by atoms with Crippen LogP contribution < -0.4 is 5.32 Å². The second kappa shape index (κ2) is 9.79. The maximum Gasteiger partial charge on any atom is 0.222 e. The molecule has 25 heavy (non-hydrogen) atoms. The number of carbonyl (C=O) groups excluding carboxylic acids is 1. The molecule has 1 amide bonds. The third-order valence-corrected chi connectivity index (χ3v) is 5.25. The van der Waals surface area contributed by atoms with Gasteiger partial charge in [-0.05, 0) is 61.0 Å². The Morgan fingerprint density at radius 2 is 1.84 bits per heavy atom. The van der Waals surface area contributed by atoms with Crippen molar-refractivity contribution in [1.82, 2.24) is 10.2 Å². The van der Waals surface area contributed by atoms with Crippen LogP contribution in [0.5, 0.6) is 0 Å². The van der Waals surface area contributed by atoms with E-state index in [1.165, 1.54) is 29.2 Å². The number of nitrogens with one attached hydrogen (secondary N) is 1. The normalized spacial score (nSPS) is 14.9. The van der Waals surface area contributed by atoms with Crippen molar-refractivity contribution in [2.45, 2.75) is 32.1 Å². The van der Waals surface area contributed by atoms with E-state index in [2.05, 4.69) is 47.8 Å². The summed E-state index contributed by atoms with van der Waals surface area (Å²) in [4.78, 5) is 14.3. The van der Waals surface area contributed by atoms with E-state index >= 15 is 0 Å². The summed E-state index contributed by atoms with van der Waals surface area (Å²) in [7, 11) is 1.94. The molecule has 0 saturated carbocycles. The minimum absolute atomic E-state index is 0.